The van der Waals surface area contributed by atoms with E-state index in [1.807, 2.05) is 19.9 Å². The van der Waals surface area contributed by atoms with E-state index in [1.165, 1.54) is 4.31 Å². The van der Waals surface area contributed by atoms with E-state index in [2.05, 4.69) is 0 Å². The Balaban J connectivity index is 2.02. The summed E-state index contributed by atoms with van der Waals surface area (Å²) in [5.41, 5.74) is 0.919. The standard InChI is InChI=1S/C16H26N2O4S/c1-5-23(20,21)17(4)13-6-9-18(10-7-13)16(19)15-14(12(2)3)8-11-22-15/h8,11-13H,5-7,9-10H2,1-4H3. The van der Waals surface area contributed by atoms with Crippen LogP contribution in [-0.4, -0.2) is 55.5 Å². The van der Waals surface area contributed by atoms with Crippen LogP contribution in [0.1, 0.15) is 55.6 Å². The molecule has 0 radical (unpaired) electrons. The molecule has 1 fully saturated rings. The van der Waals surface area contributed by atoms with Crippen molar-refractivity contribution in [2.75, 3.05) is 25.9 Å². The number of furan rings is 1. The summed E-state index contributed by atoms with van der Waals surface area (Å²) in [5.74, 6) is 0.643. The molecule has 0 atom stereocenters. The van der Waals surface area contributed by atoms with Crippen LogP contribution in [0.4, 0.5) is 0 Å². The lowest BCUT2D eigenvalue weighted by atomic mass is 10.0. The fourth-order valence-corrected chi connectivity index (χ4v) is 4.03. The Kier molecular flexibility index (Phi) is 5.52. The Morgan fingerprint density at radius 1 is 1.39 bits per heavy atom. The van der Waals surface area contributed by atoms with Gasteiger partial charge in [-0.15, -0.1) is 0 Å². The summed E-state index contributed by atoms with van der Waals surface area (Å²) < 4.78 is 30.8. The molecule has 23 heavy (non-hydrogen) atoms. The van der Waals surface area contributed by atoms with Gasteiger partial charge in [-0.05, 0) is 31.7 Å². The monoisotopic (exact) mass is 342 g/mol. The van der Waals surface area contributed by atoms with Crippen LogP contribution in [0.25, 0.3) is 0 Å². The average molecular weight is 342 g/mol. The molecule has 7 heteroatoms. The zero-order valence-electron chi connectivity index (χ0n) is 14.3. The van der Waals surface area contributed by atoms with E-state index in [9.17, 15) is 13.2 Å². The van der Waals surface area contributed by atoms with Crippen molar-refractivity contribution >= 4 is 15.9 Å². The van der Waals surface area contributed by atoms with Gasteiger partial charge in [0.15, 0.2) is 5.76 Å². The summed E-state index contributed by atoms with van der Waals surface area (Å²) in [6.45, 7) is 6.79. The number of likely N-dealkylation sites (tertiary alicyclic amines) is 1. The van der Waals surface area contributed by atoms with Gasteiger partial charge in [0.1, 0.15) is 0 Å². The Labute approximate surface area is 138 Å². The van der Waals surface area contributed by atoms with Crippen molar-refractivity contribution in [3.63, 3.8) is 0 Å². The third-order valence-corrected chi connectivity index (χ3v) is 6.49. The SMILES string of the molecule is CCS(=O)(=O)N(C)C1CCN(C(=O)c2occc2C(C)C)CC1. The molecule has 1 aromatic rings. The molecule has 130 valence electrons. The van der Waals surface area contributed by atoms with E-state index in [4.69, 9.17) is 4.42 Å². The zero-order chi connectivity index (χ0) is 17.2. The maximum absolute atomic E-state index is 12.6. The second-order valence-electron chi connectivity index (χ2n) is 6.30. The Morgan fingerprint density at radius 2 is 2.00 bits per heavy atom. The number of nitrogens with zero attached hydrogens (tertiary/aromatic N) is 2. The topological polar surface area (TPSA) is 70.8 Å². The zero-order valence-corrected chi connectivity index (χ0v) is 15.1. The lowest BCUT2D eigenvalue weighted by Crippen LogP contribution is -2.47. The highest BCUT2D eigenvalue weighted by Gasteiger charge is 2.32. The van der Waals surface area contributed by atoms with Gasteiger partial charge in [-0.25, -0.2) is 12.7 Å². The normalized spacial score (nSPS) is 17.2. The fourth-order valence-electron chi connectivity index (χ4n) is 2.95. The third-order valence-electron chi connectivity index (χ3n) is 4.58. The molecule has 1 amide bonds. The lowest BCUT2D eigenvalue weighted by Gasteiger charge is -2.35. The van der Waals surface area contributed by atoms with Crippen molar-refractivity contribution in [2.45, 2.75) is 45.6 Å². The van der Waals surface area contributed by atoms with Gasteiger partial charge < -0.3 is 9.32 Å². The minimum absolute atomic E-state index is 0.0369. The summed E-state index contributed by atoms with van der Waals surface area (Å²) in [6, 6.07) is 1.80. The van der Waals surface area contributed by atoms with Crippen molar-refractivity contribution in [3.8, 4) is 0 Å². The number of hydrogen-bond acceptors (Lipinski definition) is 4. The van der Waals surface area contributed by atoms with Crippen LogP contribution in [-0.2, 0) is 10.0 Å². The van der Waals surface area contributed by atoms with Crippen LogP contribution in [0.3, 0.4) is 0 Å². The lowest BCUT2D eigenvalue weighted by molar-refractivity contribution is 0.0652. The van der Waals surface area contributed by atoms with Gasteiger partial charge in [-0.2, -0.15) is 0 Å². The Morgan fingerprint density at radius 3 is 2.52 bits per heavy atom. The average Bonchev–Trinajstić information content (AvgIpc) is 3.03. The van der Waals surface area contributed by atoms with Crippen molar-refractivity contribution in [1.29, 1.82) is 0 Å². The summed E-state index contributed by atoms with van der Waals surface area (Å²) in [5, 5.41) is 0. The molecule has 2 rings (SSSR count). The number of carbonyl (C=O) groups excluding carboxylic acids is 1. The molecule has 0 bridgehead atoms. The van der Waals surface area contributed by atoms with E-state index in [-0.39, 0.29) is 23.6 Å². The molecule has 1 aliphatic heterocycles. The van der Waals surface area contributed by atoms with Gasteiger partial charge in [-0.1, -0.05) is 13.8 Å². The highest BCUT2D eigenvalue weighted by Crippen LogP contribution is 2.24. The van der Waals surface area contributed by atoms with Gasteiger partial charge in [0.25, 0.3) is 5.91 Å². The summed E-state index contributed by atoms with van der Waals surface area (Å²) in [6.07, 6.45) is 2.86. The van der Waals surface area contributed by atoms with Gasteiger partial charge in [-0.3, -0.25) is 4.79 Å². The third kappa shape index (κ3) is 3.77. The quantitative estimate of drug-likeness (QED) is 0.823. The first-order valence-electron chi connectivity index (χ1n) is 8.10. The predicted molar refractivity (Wildman–Crippen MR) is 88.9 cm³/mol. The number of rotatable bonds is 5. The second-order valence-corrected chi connectivity index (χ2v) is 8.62. The number of carbonyl (C=O) groups is 1. The van der Waals surface area contributed by atoms with Gasteiger partial charge in [0.05, 0.1) is 12.0 Å². The van der Waals surface area contributed by atoms with Gasteiger partial charge in [0.2, 0.25) is 10.0 Å². The molecular formula is C16H26N2O4S. The molecule has 0 N–H and O–H groups in total. The smallest absolute Gasteiger partial charge is 0.289 e. The molecule has 2 heterocycles. The number of piperidine rings is 1. The first-order chi connectivity index (χ1) is 10.8. The molecule has 0 saturated carbocycles. The molecular weight excluding hydrogens is 316 g/mol. The molecule has 0 aromatic carbocycles. The van der Waals surface area contributed by atoms with Crippen LogP contribution in [0.15, 0.2) is 16.7 Å². The molecule has 0 aliphatic carbocycles. The molecule has 1 aliphatic rings. The largest absolute Gasteiger partial charge is 0.459 e. The number of hydrogen-bond donors (Lipinski definition) is 0. The molecule has 0 spiro atoms. The summed E-state index contributed by atoms with van der Waals surface area (Å²) in [7, 11) is -1.56. The van der Waals surface area contributed by atoms with E-state index in [0.717, 1.165) is 5.56 Å². The minimum Gasteiger partial charge on any atom is -0.459 e. The van der Waals surface area contributed by atoms with Crippen molar-refractivity contribution in [1.82, 2.24) is 9.21 Å². The maximum Gasteiger partial charge on any atom is 0.289 e. The van der Waals surface area contributed by atoms with Gasteiger partial charge >= 0.3 is 0 Å². The highest BCUT2D eigenvalue weighted by atomic mass is 32.2. The molecule has 0 unspecified atom stereocenters. The van der Waals surface area contributed by atoms with Crippen molar-refractivity contribution in [2.24, 2.45) is 0 Å². The van der Waals surface area contributed by atoms with Crippen LogP contribution in [0.2, 0.25) is 0 Å². The Bertz CT molecular complexity index is 643. The van der Waals surface area contributed by atoms with Crippen LogP contribution >= 0.6 is 0 Å². The van der Waals surface area contributed by atoms with E-state index in [0.29, 0.717) is 31.7 Å². The summed E-state index contributed by atoms with van der Waals surface area (Å²) in [4.78, 5) is 14.4. The van der Waals surface area contributed by atoms with Gasteiger partial charge in [0, 0.05) is 31.7 Å². The predicted octanol–water partition coefficient (Wildman–Crippen LogP) is 2.29. The highest BCUT2D eigenvalue weighted by molar-refractivity contribution is 7.89. The van der Waals surface area contributed by atoms with Crippen LogP contribution < -0.4 is 0 Å². The van der Waals surface area contributed by atoms with Crippen LogP contribution in [0, 0.1) is 0 Å². The van der Waals surface area contributed by atoms with Crippen molar-refractivity contribution < 1.29 is 17.6 Å². The first-order valence-corrected chi connectivity index (χ1v) is 9.71. The number of amides is 1. The molecule has 6 nitrogen and oxygen atoms in total. The van der Waals surface area contributed by atoms with E-state index >= 15 is 0 Å². The van der Waals surface area contributed by atoms with Crippen LogP contribution in [0.5, 0.6) is 0 Å². The molecule has 1 aromatic heterocycles. The Hall–Kier alpha value is -1.34. The van der Waals surface area contributed by atoms with E-state index in [1.54, 1.807) is 25.1 Å². The number of sulfonamides is 1. The summed E-state index contributed by atoms with van der Waals surface area (Å²) >= 11 is 0. The maximum atomic E-state index is 12.6. The fraction of sp³-hybridized carbons (Fsp3) is 0.688. The van der Waals surface area contributed by atoms with E-state index < -0.39 is 10.0 Å². The molecule has 1 saturated heterocycles. The second kappa shape index (κ2) is 7.05. The van der Waals surface area contributed by atoms with Crippen molar-refractivity contribution in [3.05, 3.63) is 23.7 Å². The first kappa shape index (κ1) is 18.0. The minimum atomic E-state index is -3.19.